The van der Waals surface area contributed by atoms with Gasteiger partial charge in [-0.2, -0.15) is 0 Å². The summed E-state index contributed by atoms with van der Waals surface area (Å²) in [5.74, 6) is 1.38. The molecule has 2 atom stereocenters. The van der Waals surface area contributed by atoms with Crippen LogP contribution in [0.15, 0.2) is 30.7 Å². The van der Waals surface area contributed by atoms with Gasteiger partial charge in [-0.1, -0.05) is 18.9 Å². The van der Waals surface area contributed by atoms with Crippen molar-refractivity contribution in [3.8, 4) is 0 Å². The van der Waals surface area contributed by atoms with Gasteiger partial charge in [0.25, 0.3) is 0 Å². The van der Waals surface area contributed by atoms with Crippen LogP contribution in [-0.4, -0.2) is 35.0 Å². The van der Waals surface area contributed by atoms with Gasteiger partial charge in [0.15, 0.2) is 0 Å². The van der Waals surface area contributed by atoms with E-state index >= 15 is 0 Å². The van der Waals surface area contributed by atoms with Crippen molar-refractivity contribution in [2.45, 2.75) is 50.6 Å². The Labute approximate surface area is 154 Å². The van der Waals surface area contributed by atoms with E-state index in [2.05, 4.69) is 39.5 Å². The van der Waals surface area contributed by atoms with Crippen LogP contribution in [0.4, 0.5) is 0 Å². The Morgan fingerprint density at radius 3 is 2.92 bits per heavy atom. The van der Waals surface area contributed by atoms with E-state index < -0.39 is 0 Å². The fourth-order valence-corrected chi connectivity index (χ4v) is 5.52. The maximum absolute atomic E-state index is 4.69. The summed E-state index contributed by atoms with van der Waals surface area (Å²) in [6, 6.07) is 4.74. The smallest absolute Gasteiger partial charge is 0.0959 e. The molecule has 1 N–H and O–H groups in total. The molecule has 25 heavy (non-hydrogen) atoms. The predicted molar refractivity (Wildman–Crippen MR) is 103 cm³/mol. The Hall–Kier alpha value is -1.30. The van der Waals surface area contributed by atoms with Crippen LogP contribution < -0.4 is 5.32 Å². The largest absolute Gasteiger partial charge is 0.311 e. The van der Waals surface area contributed by atoms with Crippen LogP contribution in [-0.2, 0) is 6.54 Å². The molecule has 3 heterocycles. The first-order valence-corrected chi connectivity index (χ1v) is 10.4. The zero-order valence-corrected chi connectivity index (χ0v) is 15.8. The first-order valence-electron chi connectivity index (χ1n) is 9.57. The Morgan fingerprint density at radius 1 is 1.24 bits per heavy atom. The van der Waals surface area contributed by atoms with Crippen molar-refractivity contribution in [2.75, 3.05) is 20.1 Å². The second kappa shape index (κ2) is 7.94. The van der Waals surface area contributed by atoms with E-state index in [1.165, 1.54) is 47.6 Å². The van der Waals surface area contributed by atoms with E-state index in [0.717, 1.165) is 25.6 Å². The van der Waals surface area contributed by atoms with Gasteiger partial charge >= 0.3 is 0 Å². The molecule has 5 heteroatoms. The van der Waals surface area contributed by atoms with E-state index in [9.17, 15) is 0 Å². The molecule has 2 aromatic heterocycles. The summed E-state index contributed by atoms with van der Waals surface area (Å²) >= 11 is 1.92. The minimum atomic E-state index is 0.483. The molecule has 0 aromatic carbocycles. The lowest BCUT2D eigenvalue weighted by atomic mass is 9.95. The number of likely N-dealkylation sites (tertiary alicyclic amines) is 1. The average Bonchev–Trinajstić information content (AvgIpc) is 3.37. The van der Waals surface area contributed by atoms with E-state index in [1.807, 2.05) is 29.8 Å². The number of pyridine rings is 1. The Bertz CT molecular complexity index is 665. The van der Waals surface area contributed by atoms with Crippen LogP contribution in [0.25, 0.3) is 0 Å². The number of hydrogen-bond donors (Lipinski definition) is 1. The van der Waals surface area contributed by atoms with Crippen molar-refractivity contribution in [2.24, 2.45) is 5.92 Å². The van der Waals surface area contributed by atoms with Crippen LogP contribution in [0.2, 0.25) is 0 Å². The molecule has 2 aliphatic rings. The topological polar surface area (TPSA) is 41.0 Å². The van der Waals surface area contributed by atoms with Crippen LogP contribution in [0.1, 0.15) is 59.5 Å². The SMILES string of the molecule is CN1CC[C@@H](CNCc2cnc(C3CCCC3)s2)[C@@H]1c1cccnc1. The Kier molecular flexibility index (Phi) is 5.44. The van der Waals surface area contributed by atoms with Gasteiger partial charge in [-0.3, -0.25) is 9.88 Å². The Morgan fingerprint density at radius 2 is 2.12 bits per heavy atom. The number of nitrogens with one attached hydrogen (secondary N) is 1. The van der Waals surface area contributed by atoms with Gasteiger partial charge in [0.2, 0.25) is 0 Å². The standard InChI is InChI=1S/C20H28N4S/c1-24-10-8-17(19(24)16-7-4-9-21-11-16)12-22-13-18-14-23-20(25-18)15-5-2-3-6-15/h4,7,9,11,14-15,17,19,22H,2-3,5-6,8,10,12-13H2,1H3/t17-,19-/m0/s1. The van der Waals surface area contributed by atoms with Crippen LogP contribution in [0.5, 0.6) is 0 Å². The molecule has 0 spiro atoms. The van der Waals surface area contributed by atoms with Crippen molar-refractivity contribution in [3.63, 3.8) is 0 Å². The number of thiazole rings is 1. The number of hydrogen-bond acceptors (Lipinski definition) is 5. The maximum Gasteiger partial charge on any atom is 0.0959 e. The van der Waals surface area contributed by atoms with Crippen molar-refractivity contribution < 1.29 is 0 Å². The van der Waals surface area contributed by atoms with Crippen molar-refractivity contribution >= 4 is 11.3 Å². The van der Waals surface area contributed by atoms with E-state index in [4.69, 9.17) is 0 Å². The molecule has 134 valence electrons. The lowest BCUT2D eigenvalue weighted by molar-refractivity contribution is 0.271. The molecule has 1 aliphatic carbocycles. The summed E-state index contributed by atoms with van der Waals surface area (Å²) in [4.78, 5) is 12.8. The van der Waals surface area contributed by atoms with Gasteiger partial charge in [-0.25, -0.2) is 4.98 Å². The highest BCUT2D eigenvalue weighted by molar-refractivity contribution is 7.11. The highest BCUT2D eigenvalue weighted by Gasteiger charge is 2.32. The number of rotatable bonds is 6. The molecular weight excluding hydrogens is 328 g/mol. The molecular formula is C20H28N4S. The minimum Gasteiger partial charge on any atom is -0.311 e. The maximum atomic E-state index is 4.69. The third-order valence-electron chi connectivity index (χ3n) is 5.78. The first kappa shape index (κ1) is 17.1. The fourth-order valence-electron chi connectivity index (χ4n) is 4.46. The van der Waals surface area contributed by atoms with Gasteiger partial charge in [-0.05, 0) is 50.4 Å². The third kappa shape index (κ3) is 3.94. The molecule has 4 rings (SSSR count). The van der Waals surface area contributed by atoms with E-state index in [0.29, 0.717) is 12.0 Å². The molecule has 2 aromatic rings. The quantitative estimate of drug-likeness (QED) is 0.850. The number of aromatic nitrogens is 2. The highest BCUT2D eigenvalue weighted by Crippen LogP contribution is 2.37. The first-order chi connectivity index (χ1) is 12.3. The summed E-state index contributed by atoms with van der Waals surface area (Å²) < 4.78 is 0. The molecule has 1 saturated carbocycles. The van der Waals surface area contributed by atoms with Crippen molar-refractivity contribution in [1.29, 1.82) is 0 Å². The summed E-state index contributed by atoms with van der Waals surface area (Å²) in [7, 11) is 2.23. The van der Waals surface area contributed by atoms with Crippen molar-refractivity contribution in [1.82, 2.24) is 20.2 Å². The van der Waals surface area contributed by atoms with Crippen LogP contribution in [0, 0.1) is 5.92 Å². The molecule has 0 bridgehead atoms. The van der Waals surface area contributed by atoms with Gasteiger partial charge in [0.1, 0.15) is 0 Å². The number of nitrogens with zero attached hydrogens (tertiary/aromatic N) is 3. The molecule has 2 fully saturated rings. The van der Waals surface area contributed by atoms with Gasteiger partial charge in [0, 0.05) is 48.5 Å². The second-order valence-corrected chi connectivity index (χ2v) is 8.68. The monoisotopic (exact) mass is 356 g/mol. The van der Waals surface area contributed by atoms with Crippen LogP contribution >= 0.6 is 11.3 Å². The van der Waals surface area contributed by atoms with E-state index in [1.54, 1.807) is 0 Å². The molecule has 1 saturated heterocycles. The molecule has 4 nitrogen and oxygen atoms in total. The summed E-state index contributed by atoms with van der Waals surface area (Å²) in [5.41, 5.74) is 1.34. The highest BCUT2D eigenvalue weighted by atomic mass is 32.1. The van der Waals surface area contributed by atoms with Gasteiger partial charge in [-0.15, -0.1) is 11.3 Å². The molecule has 1 aliphatic heterocycles. The lowest BCUT2D eigenvalue weighted by Crippen LogP contribution is -2.28. The lowest BCUT2D eigenvalue weighted by Gasteiger charge is -2.25. The zero-order chi connectivity index (χ0) is 17.1. The minimum absolute atomic E-state index is 0.483. The summed E-state index contributed by atoms with van der Waals surface area (Å²) in [6.07, 6.45) is 12.6. The predicted octanol–water partition coefficient (Wildman–Crippen LogP) is 3.98. The third-order valence-corrected chi connectivity index (χ3v) is 6.94. The zero-order valence-electron chi connectivity index (χ0n) is 15.0. The molecule has 0 amide bonds. The van der Waals surface area contributed by atoms with Gasteiger partial charge < -0.3 is 5.32 Å². The second-order valence-electron chi connectivity index (χ2n) is 7.54. The molecule has 0 radical (unpaired) electrons. The Balaban J connectivity index is 1.32. The van der Waals surface area contributed by atoms with Crippen molar-refractivity contribution in [3.05, 3.63) is 46.2 Å². The van der Waals surface area contributed by atoms with Gasteiger partial charge in [0.05, 0.1) is 5.01 Å². The van der Waals surface area contributed by atoms with Crippen LogP contribution in [0.3, 0.4) is 0 Å². The molecule has 0 unspecified atom stereocenters. The average molecular weight is 357 g/mol. The summed E-state index contributed by atoms with van der Waals surface area (Å²) in [5, 5.41) is 5.06. The van der Waals surface area contributed by atoms with E-state index in [-0.39, 0.29) is 0 Å². The fraction of sp³-hybridized carbons (Fsp3) is 0.600. The normalized spacial score (nSPS) is 25.0. The summed E-state index contributed by atoms with van der Waals surface area (Å²) in [6.45, 7) is 3.17.